The number of benzene rings is 2. The molecule has 2 aromatic heterocycles. The number of nitrogens with two attached hydrogens (primary N) is 1. The lowest BCUT2D eigenvalue weighted by molar-refractivity contribution is -0.118. The minimum Gasteiger partial charge on any atom is -0.423 e. The van der Waals surface area contributed by atoms with E-state index < -0.39 is 11.7 Å². The van der Waals surface area contributed by atoms with E-state index in [2.05, 4.69) is 10.3 Å². The fourth-order valence-corrected chi connectivity index (χ4v) is 2.64. The van der Waals surface area contributed by atoms with E-state index >= 15 is 0 Å². The molecule has 0 saturated carbocycles. The summed E-state index contributed by atoms with van der Waals surface area (Å²) in [5.41, 5.74) is 7.53. The Kier molecular flexibility index (Phi) is 3.77. The van der Waals surface area contributed by atoms with Crippen molar-refractivity contribution in [2.75, 3.05) is 5.32 Å². The lowest BCUT2D eigenvalue weighted by Gasteiger charge is -2.03. The highest BCUT2D eigenvalue weighted by Gasteiger charge is 2.13. The average Bonchev–Trinajstić information content (AvgIpc) is 3.21. The maximum absolute atomic E-state index is 11.8. The second kappa shape index (κ2) is 6.25. The highest BCUT2D eigenvalue weighted by atomic mass is 16.4. The molecule has 3 N–H and O–H groups in total. The van der Waals surface area contributed by atoms with E-state index in [4.69, 9.17) is 14.6 Å². The first-order valence-electron chi connectivity index (χ1n) is 7.80. The number of nitrogens with zero attached hydrogens (tertiary/aromatic N) is 2. The van der Waals surface area contributed by atoms with Crippen LogP contribution in [0.1, 0.15) is 0 Å². The molecular weight excluding hydrogens is 336 g/mol. The first kappa shape index (κ1) is 15.7. The normalized spacial score (nSPS) is 10.9. The lowest BCUT2D eigenvalue weighted by Crippen LogP contribution is -2.24. The molecule has 0 aliphatic rings. The molecule has 0 atom stereocenters. The Bertz CT molecular complexity index is 1140. The van der Waals surface area contributed by atoms with Crippen molar-refractivity contribution in [3.05, 3.63) is 65.3 Å². The number of fused-ring (bicyclic) bond motifs is 1. The van der Waals surface area contributed by atoms with Crippen LogP contribution in [0.25, 0.3) is 22.4 Å². The van der Waals surface area contributed by atoms with Crippen molar-refractivity contribution in [2.45, 2.75) is 6.54 Å². The Morgan fingerprint density at radius 3 is 2.73 bits per heavy atom. The zero-order valence-electron chi connectivity index (χ0n) is 13.5. The van der Waals surface area contributed by atoms with Gasteiger partial charge in [-0.15, -0.1) is 0 Å². The molecule has 26 heavy (non-hydrogen) atoms. The Morgan fingerprint density at radius 2 is 1.96 bits per heavy atom. The number of hydrogen-bond acceptors (Lipinski definition) is 6. The minimum atomic E-state index is -0.640. The third-order valence-electron chi connectivity index (χ3n) is 3.80. The maximum Gasteiger partial charge on any atom is 0.420 e. The number of amides is 1. The van der Waals surface area contributed by atoms with Crippen molar-refractivity contribution >= 4 is 28.7 Å². The smallest absolute Gasteiger partial charge is 0.420 e. The van der Waals surface area contributed by atoms with Crippen molar-refractivity contribution in [3.63, 3.8) is 0 Å². The monoisotopic (exact) mass is 350 g/mol. The van der Waals surface area contributed by atoms with Crippen molar-refractivity contribution in [1.29, 1.82) is 0 Å². The zero-order valence-corrected chi connectivity index (χ0v) is 13.5. The fraction of sp³-hybridized carbons (Fsp3) is 0.0556. The number of hydrogen-bond donors (Lipinski definition) is 2. The first-order valence-corrected chi connectivity index (χ1v) is 7.80. The van der Waals surface area contributed by atoms with E-state index in [1.54, 1.807) is 24.4 Å². The van der Waals surface area contributed by atoms with Gasteiger partial charge in [-0.2, -0.15) is 0 Å². The topological polar surface area (TPSA) is 116 Å². The molecule has 4 aromatic rings. The molecule has 0 unspecified atom stereocenters. The van der Waals surface area contributed by atoms with E-state index in [1.165, 1.54) is 4.57 Å². The van der Waals surface area contributed by atoms with E-state index in [0.29, 0.717) is 28.6 Å². The van der Waals surface area contributed by atoms with Gasteiger partial charge in [-0.1, -0.05) is 30.3 Å². The summed E-state index contributed by atoms with van der Waals surface area (Å²) in [6.45, 7) is -0.257. The van der Waals surface area contributed by atoms with Crippen LogP contribution in [0.3, 0.4) is 0 Å². The second-order valence-corrected chi connectivity index (χ2v) is 5.62. The van der Waals surface area contributed by atoms with Gasteiger partial charge in [-0.05, 0) is 18.2 Å². The van der Waals surface area contributed by atoms with Gasteiger partial charge >= 0.3 is 5.76 Å². The third kappa shape index (κ3) is 2.95. The standard InChI is InChI=1S/C18H14N4O4/c19-16(23)10-22-13-8-12(6-7-14(13)26-18(22)24)21-17-20-9-15(25-17)11-4-2-1-3-5-11/h1-9H,10H2,(H2,19,23)(H,20,21). The van der Waals surface area contributed by atoms with Crippen LogP contribution in [0.2, 0.25) is 0 Å². The van der Waals surface area contributed by atoms with E-state index in [9.17, 15) is 9.59 Å². The molecule has 0 bridgehead atoms. The van der Waals surface area contributed by atoms with Gasteiger partial charge in [0.25, 0.3) is 6.01 Å². The second-order valence-electron chi connectivity index (χ2n) is 5.62. The average molecular weight is 350 g/mol. The summed E-state index contributed by atoms with van der Waals surface area (Å²) in [6, 6.07) is 14.9. The van der Waals surface area contributed by atoms with E-state index in [1.807, 2.05) is 30.3 Å². The van der Waals surface area contributed by atoms with Gasteiger partial charge in [0, 0.05) is 11.3 Å². The quantitative estimate of drug-likeness (QED) is 0.571. The predicted molar refractivity (Wildman–Crippen MR) is 94.9 cm³/mol. The van der Waals surface area contributed by atoms with Crippen LogP contribution in [-0.4, -0.2) is 15.5 Å². The molecule has 1 amide bonds. The van der Waals surface area contributed by atoms with Crippen molar-refractivity contribution in [1.82, 2.24) is 9.55 Å². The maximum atomic E-state index is 11.8. The number of carbonyl (C=O) groups is 1. The molecule has 2 heterocycles. The van der Waals surface area contributed by atoms with Crippen LogP contribution < -0.4 is 16.8 Å². The summed E-state index contributed by atoms with van der Waals surface area (Å²) >= 11 is 0. The van der Waals surface area contributed by atoms with Gasteiger partial charge in [-0.3, -0.25) is 9.36 Å². The third-order valence-corrected chi connectivity index (χ3v) is 3.80. The van der Waals surface area contributed by atoms with Gasteiger partial charge in [-0.25, -0.2) is 9.78 Å². The molecule has 0 fully saturated rings. The Labute approximate surface area is 146 Å². The summed E-state index contributed by atoms with van der Waals surface area (Å²) in [7, 11) is 0. The van der Waals surface area contributed by atoms with E-state index in [-0.39, 0.29) is 6.54 Å². The molecule has 0 saturated heterocycles. The number of aromatic nitrogens is 2. The molecule has 0 aliphatic carbocycles. The predicted octanol–water partition coefficient (Wildman–Crippen LogP) is 2.48. The van der Waals surface area contributed by atoms with Crippen LogP contribution in [0.4, 0.5) is 11.7 Å². The number of primary amides is 1. The number of oxazole rings is 2. The Balaban J connectivity index is 1.64. The van der Waals surface area contributed by atoms with Gasteiger partial charge in [0.05, 0.1) is 11.7 Å². The van der Waals surface area contributed by atoms with Crippen LogP contribution in [-0.2, 0) is 11.3 Å². The Morgan fingerprint density at radius 1 is 1.15 bits per heavy atom. The number of anilines is 2. The molecular formula is C18H14N4O4. The van der Waals surface area contributed by atoms with Crippen molar-refractivity contribution in [3.8, 4) is 11.3 Å². The van der Waals surface area contributed by atoms with Gasteiger partial charge in [0.2, 0.25) is 5.91 Å². The largest absolute Gasteiger partial charge is 0.423 e. The summed E-state index contributed by atoms with van der Waals surface area (Å²) in [4.78, 5) is 27.2. The van der Waals surface area contributed by atoms with Crippen LogP contribution in [0.15, 0.2) is 68.4 Å². The molecule has 8 heteroatoms. The molecule has 2 aromatic carbocycles. The molecule has 4 rings (SSSR count). The summed E-state index contributed by atoms with van der Waals surface area (Å²) in [6.07, 6.45) is 1.62. The molecule has 8 nitrogen and oxygen atoms in total. The minimum absolute atomic E-state index is 0.257. The first-order chi connectivity index (χ1) is 12.6. The van der Waals surface area contributed by atoms with Crippen molar-refractivity contribution in [2.24, 2.45) is 5.73 Å². The van der Waals surface area contributed by atoms with Gasteiger partial charge in [0.15, 0.2) is 11.3 Å². The van der Waals surface area contributed by atoms with Gasteiger partial charge in [0.1, 0.15) is 6.54 Å². The summed E-state index contributed by atoms with van der Waals surface area (Å²) in [5, 5.41) is 3.03. The number of nitrogens with one attached hydrogen (secondary N) is 1. The highest BCUT2D eigenvalue weighted by molar-refractivity contribution is 5.81. The molecule has 130 valence electrons. The Hall–Kier alpha value is -3.81. The highest BCUT2D eigenvalue weighted by Crippen LogP contribution is 2.25. The van der Waals surface area contributed by atoms with Crippen LogP contribution in [0, 0.1) is 0 Å². The molecule has 0 spiro atoms. The summed E-state index contributed by atoms with van der Waals surface area (Å²) < 4.78 is 12.0. The van der Waals surface area contributed by atoms with Crippen molar-refractivity contribution < 1.29 is 13.6 Å². The zero-order chi connectivity index (χ0) is 18.1. The van der Waals surface area contributed by atoms with Gasteiger partial charge < -0.3 is 19.9 Å². The molecule has 0 aliphatic heterocycles. The van der Waals surface area contributed by atoms with E-state index in [0.717, 1.165) is 5.56 Å². The van der Waals surface area contributed by atoms with Crippen LogP contribution >= 0.6 is 0 Å². The fourth-order valence-electron chi connectivity index (χ4n) is 2.64. The lowest BCUT2D eigenvalue weighted by atomic mass is 10.2. The number of carbonyl (C=O) groups excluding carboxylic acids is 1. The molecule has 0 radical (unpaired) electrons. The van der Waals surface area contributed by atoms with Crippen LogP contribution in [0.5, 0.6) is 0 Å². The summed E-state index contributed by atoms with van der Waals surface area (Å²) in [5.74, 6) is -0.644. The SMILES string of the molecule is NC(=O)Cn1c(=O)oc2ccc(Nc3ncc(-c4ccccc4)o3)cc21. The number of rotatable bonds is 5.